The molecule has 0 bridgehead atoms. The average Bonchev–Trinajstić information content (AvgIpc) is 2.24. The standard InChI is InChI=1S/C16H23ClO/c1-11(2)8-12(3)16(9-15(18)10-16)13-4-6-14(17)7-5-13/h4-7,11-12,15,18H,8-10H2,1-3H3. The highest BCUT2D eigenvalue weighted by molar-refractivity contribution is 6.30. The number of benzene rings is 1. The van der Waals surface area contributed by atoms with E-state index in [2.05, 4.69) is 32.9 Å². The molecule has 2 heteroatoms. The van der Waals surface area contributed by atoms with Gasteiger partial charge in [-0.25, -0.2) is 0 Å². The van der Waals surface area contributed by atoms with Crippen molar-refractivity contribution in [2.24, 2.45) is 11.8 Å². The smallest absolute Gasteiger partial charge is 0.0557 e. The van der Waals surface area contributed by atoms with Gasteiger partial charge >= 0.3 is 0 Å². The monoisotopic (exact) mass is 266 g/mol. The van der Waals surface area contributed by atoms with Crippen LogP contribution in [0.3, 0.4) is 0 Å². The van der Waals surface area contributed by atoms with Crippen molar-refractivity contribution in [3.8, 4) is 0 Å². The number of hydrogen-bond donors (Lipinski definition) is 1. The van der Waals surface area contributed by atoms with Crippen molar-refractivity contribution in [2.45, 2.75) is 51.6 Å². The summed E-state index contributed by atoms with van der Waals surface area (Å²) >= 11 is 5.97. The van der Waals surface area contributed by atoms with Crippen LogP contribution in [0.25, 0.3) is 0 Å². The van der Waals surface area contributed by atoms with Crippen molar-refractivity contribution in [1.29, 1.82) is 0 Å². The lowest BCUT2D eigenvalue weighted by molar-refractivity contribution is -0.0155. The topological polar surface area (TPSA) is 20.2 Å². The van der Waals surface area contributed by atoms with Gasteiger partial charge in [-0.15, -0.1) is 0 Å². The van der Waals surface area contributed by atoms with Gasteiger partial charge in [0.15, 0.2) is 0 Å². The van der Waals surface area contributed by atoms with E-state index in [4.69, 9.17) is 11.6 Å². The lowest BCUT2D eigenvalue weighted by Gasteiger charge is -2.51. The Morgan fingerprint density at radius 3 is 2.22 bits per heavy atom. The maximum Gasteiger partial charge on any atom is 0.0557 e. The van der Waals surface area contributed by atoms with Gasteiger partial charge in [0.05, 0.1) is 6.10 Å². The predicted octanol–water partition coefficient (Wildman–Crippen LogP) is 4.41. The fraction of sp³-hybridized carbons (Fsp3) is 0.625. The quantitative estimate of drug-likeness (QED) is 0.856. The van der Waals surface area contributed by atoms with Crippen molar-refractivity contribution in [2.75, 3.05) is 0 Å². The fourth-order valence-electron chi connectivity index (χ4n) is 3.42. The van der Waals surface area contributed by atoms with Gasteiger partial charge in [0, 0.05) is 10.4 Å². The molecule has 0 amide bonds. The average molecular weight is 267 g/mol. The number of hydrogen-bond acceptors (Lipinski definition) is 1. The van der Waals surface area contributed by atoms with Crippen LogP contribution in [0.4, 0.5) is 0 Å². The minimum Gasteiger partial charge on any atom is -0.393 e. The molecule has 0 aliphatic heterocycles. The summed E-state index contributed by atoms with van der Waals surface area (Å²) in [6.07, 6.45) is 2.86. The normalized spacial score (nSPS) is 29.1. The summed E-state index contributed by atoms with van der Waals surface area (Å²) in [6, 6.07) is 8.19. The van der Waals surface area contributed by atoms with Crippen molar-refractivity contribution < 1.29 is 5.11 Å². The molecule has 1 aliphatic rings. The third-order valence-corrected chi connectivity index (χ3v) is 4.64. The second-order valence-corrected chi connectivity index (χ2v) is 6.69. The highest BCUT2D eigenvalue weighted by Crippen LogP contribution is 2.51. The lowest BCUT2D eigenvalue weighted by atomic mass is 9.55. The second kappa shape index (κ2) is 5.22. The Hall–Kier alpha value is -0.530. The maximum atomic E-state index is 9.76. The molecule has 0 aromatic heterocycles. The Bertz CT molecular complexity index is 390. The van der Waals surface area contributed by atoms with E-state index in [1.807, 2.05) is 12.1 Å². The van der Waals surface area contributed by atoms with Crippen LogP contribution in [0.2, 0.25) is 5.02 Å². The Kier molecular flexibility index (Phi) is 4.03. The van der Waals surface area contributed by atoms with Crippen LogP contribution in [-0.2, 0) is 5.41 Å². The third kappa shape index (κ3) is 2.57. The van der Waals surface area contributed by atoms with Crippen molar-refractivity contribution in [3.05, 3.63) is 34.9 Å². The van der Waals surface area contributed by atoms with Crippen molar-refractivity contribution in [3.63, 3.8) is 0 Å². The van der Waals surface area contributed by atoms with E-state index in [0.29, 0.717) is 11.8 Å². The van der Waals surface area contributed by atoms with Crippen molar-refractivity contribution >= 4 is 11.6 Å². The minimum absolute atomic E-state index is 0.129. The molecule has 0 saturated heterocycles. The van der Waals surface area contributed by atoms with Crippen LogP contribution in [0.5, 0.6) is 0 Å². The Labute approximate surface area is 115 Å². The molecule has 0 radical (unpaired) electrons. The highest BCUT2D eigenvalue weighted by Gasteiger charge is 2.48. The third-order valence-electron chi connectivity index (χ3n) is 4.39. The predicted molar refractivity (Wildman–Crippen MR) is 77.0 cm³/mol. The molecule has 2 rings (SSSR count). The summed E-state index contributed by atoms with van der Waals surface area (Å²) in [4.78, 5) is 0. The van der Waals surface area contributed by atoms with Gasteiger partial charge in [-0.3, -0.25) is 0 Å². The van der Waals surface area contributed by atoms with Gasteiger partial charge in [-0.2, -0.15) is 0 Å². The van der Waals surface area contributed by atoms with Gasteiger partial charge < -0.3 is 5.11 Å². The van der Waals surface area contributed by atoms with E-state index in [0.717, 1.165) is 17.9 Å². The molecule has 1 unspecified atom stereocenters. The molecular weight excluding hydrogens is 244 g/mol. The molecule has 1 nitrogen and oxygen atoms in total. The Morgan fingerprint density at radius 2 is 1.78 bits per heavy atom. The zero-order valence-electron chi connectivity index (χ0n) is 11.5. The van der Waals surface area contributed by atoms with Crippen LogP contribution in [0, 0.1) is 11.8 Å². The number of rotatable bonds is 4. The zero-order valence-corrected chi connectivity index (χ0v) is 12.2. The summed E-state index contributed by atoms with van der Waals surface area (Å²) in [5.74, 6) is 1.30. The molecule has 100 valence electrons. The molecular formula is C16H23ClO. The van der Waals surface area contributed by atoms with Crippen LogP contribution in [-0.4, -0.2) is 11.2 Å². The number of halogens is 1. The summed E-state index contributed by atoms with van der Waals surface area (Å²) in [6.45, 7) is 6.85. The zero-order chi connectivity index (χ0) is 13.3. The molecule has 1 saturated carbocycles. The molecule has 1 atom stereocenters. The largest absolute Gasteiger partial charge is 0.393 e. The first-order chi connectivity index (χ1) is 8.44. The van der Waals surface area contributed by atoms with Crippen molar-refractivity contribution in [1.82, 2.24) is 0 Å². The minimum atomic E-state index is -0.129. The Morgan fingerprint density at radius 1 is 1.22 bits per heavy atom. The molecule has 18 heavy (non-hydrogen) atoms. The summed E-state index contributed by atoms with van der Waals surface area (Å²) in [7, 11) is 0. The first-order valence-electron chi connectivity index (χ1n) is 6.88. The van der Waals surface area contributed by atoms with E-state index in [1.165, 1.54) is 12.0 Å². The van der Waals surface area contributed by atoms with E-state index in [9.17, 15) is 5.11 Å². The van der Waals surface area contributed by atoms with Crippen LogP contribution < -0.4 is 0 Å². The molecule has 1 aliphatic carbocycles. The molecule has 1 aromatic carbocycles. The van der Waals surface area contributed by atoms with Gasteiger partial charge in [0.2, 0.25) is 0 Å². The molecule has 1 fully saturated rings. The van der Waals surface area contributed by atoms with E-state index in [-0.39, 0.29) is 11.5 Å². The van der Waals surface area contributed by atoms with E-state index in [1.54, 1.807) is 0 Å². The fourth-order valence-corrected chi connectivity index (χ4v) is 3.54. The first kappa shape index (κ1) is 13.9. The number of aliphatic hydroxyl groups is 1. The van der Waals surface area contributed by atoms with Gasteiger partial charge in [0.1, 0.15) is 0 Å². The molecule has 1 N–H and O–H groups in total. The van der Waals surface area contributed by atoms with Crippen LogP contribution in [0.1, 0.15) is 45.6 Å². The maximum absolute atomic E-state index is 9.76. The van der Waals surface area contributed by atoms with Crippen LogP contribution >= 0.6 is 11.6 Å². The van der Waals surface area contributed by atoms with E-state index >= 15 is 0 Å². The second-order valence-electron chi connectivity index (χ2n) is 6.26. The molecule has 1 aromatic rings. The van der Waals surface area contributed by atoms with Gasteiger partial charge in [-0.05, 0) is 48.8 Å². The summed E-state index contributed by atoms with van der Waals surface area (Å²) in [5.41, 5.74) is 1.50. The SMILES string of the molecule is CC(C)CC(C)C1(c2ccc(Cl)cc2)CC(O)C1. The molecule has 0 heterocycles. The highest BCUT2D eigenvalue weighted by atomic mass is 35.5. The summed E-state index contributed by atoms with van der Waals surface area (Å²) in [5, 5.41) is 10.5. The van der Waals surface area contributed by atoms with Crippen LogP contribution in [0.15, 0.2) is 24.3 Å². The lowest BCUT2D eigenvalue weighted by Crippen LogP contribution is -2.49. The van der Waals surface area contributed by atoms with E-state index < -0.39 is 0 Å². The number of aliphatic hydroxyl groups excluding tert-OH is 1. The Balaban J connectivity index is 2.24. The molecule has 0 spiro atoms. The van der Waals surface area contributed by atoms with Gasteiger partial charge in [-0.1, -0.05) is 44.5 Å². The summed E-state index contributed by atoms with van der Waals surface area (Å²) < 4.78 is 0. The first-order valence-corrected chi connectivity index (χ1v) is 7.26. The van der Waals surface area contributed by atoms with Gasteiger partial charge in [0.25, 0.3) is 0 Å².